The van der Waals surface area contributed by atoms with Gasteiger partial charge in [0.1, 0.15) is 0 Å². The molecule has 1 aromatic carbocycles. The van der Waals surface area contributed by atoms with E-state index in [2.05, 4.69) is 28.1 Å². The molecule has 3 nitrogen and oxygen atoms in total. The maximum Gasteiger partial charge on any atom is 0.222 e. The molecule has 0 aliphatic rings. The summed E-state index contributed by atoms with van der Waals surface area (Å²) in [5, 5.41) is 0. The van der Waals surface area contributed by atoms with Crippen molar-refractivity contribution in [2.24, 2.45) is 5.73 Å². The topological polar surface area (TPSA) is 46.3 Å². The second-order valence-corrected chi connectivity index (χ2v) is 6.58. The number of hydrogen-bond acceptors (Lipinski definition) is 3. The van der Waals surface area contributed by atoms with Crippen LogP contribution in [-0.2, 0) is 4.79 Å². The van der Waals surface area contributed by atoms with Gasteiger partial charge in [-0.15, -0.1) is 24.2 Å². The first kappa shape index (κ1) is 19.8. The molecule has 1 rings (SSSR count). The molecule has 1 aromatic rings. The van der Waals surface area contributed by atoms with Gasteiger partial charge in [0, 0.05) is 35.4 Å². The van der Waals surface area contributed by atoms with E-state index in [0.717, 1.165) is 16.6 Å². The van der Waals surface area contributed by atoms with E-state index < -0.39 is 0 Å². The number of hydrogen-bond donors (Lipinski definition) is 1. The summed E-state index contributed by atoms with van der Waals surface area (Å²) >= 11 is 5.19. The fourth-order valence-electron chi connectivity index (χ4n) is 1.52. The van der Waals surface area contributed by atoms with Crippen LogP contribution in [0.4, 0.5) is 0 Å². The summed E-state index contributed by atoms with van der Waals surface area (Å²) in [4.78, 5) is 14.8. The molecule has 0 radical (unpaired) electrons. The summed E-state index contributed by atoms with van der Waals surface area (Å²) in [6.07, 6.45) is 1.48. The number of rotatable bonds is 7. The van der Waals surface area contributed by atoms with Crippen molar-refractivity contribution in [2.45, 2.75) is 30.7 Å². The van der Waals surface area contributed by atoms with E-state index in [0.29, 0.717) is 13.0 Å². The molecule has 1 atom stereocenters. The summed E-state index contributed by atoms with van der Waals surface area (Å²) in [5.41, 5.74) is 5.55. The zero-order valence-corrected chi connectivity index (χ0v) is 15.1. The van der Waals surface area contributed by atoms with Gasteiger partial charge in [0.15, 0.2) is 0 Å². The second kappa shape index (κ2) is 10.5. The van der Waals surface area contributed by atoms with Crippen LogP contribution in [0.25, 0.3) is 0 Å². The molecule has 0 saturated carbocycles. The van der Waals surface area contributed by atoms with Crippen LogP contribution in [0.15, 0.2) is 33.6 Å². The Morgan fingerprint density at radius 2 is 2.00 bits per heavy atom. The van der Waals surface area contributed by atoms with Gasteiger partial charge in [-0.2, -0.15) is 0 Å². The Kier molecular flexibility index (Phi) is 10.4. The molecule has 1 amide bonds. The highest BCUT2D eigenvalue weighted by Gasteiger charge is 2.13. The van der Waals surface area contributed by atoms with Crippen LogP contribution >= 0.6 is 40.1 Å². The number of thioether (sulfide) groups is 1. The Morgan fingerprint density at radius 3 is 2.55 bits per heavy atom. The standard InChI is InChI=1S/C14H21BrN2OS.ClH/c1-11(10-16)17(2)14(18)4-3-9-19-13-7-5-12(15)6-8-13;/h5-8,11H,3-4,9-10,16H2,1-2H3;1H. The van der Waals surface area contributed by atoms with E-state index >= 15 is 0 Å². The van der Waals surface area contributed by atoms with Crippen LogP contribution < -0.4 is 5.73 Å². The minimum atomic E-state index is 0. The fourth-order valence-corrected chi connectivity index (χ4v) is 2.64. The molecule has 1 unspecified atom stereocenters. The van der Waals surface area contributed by atoms with E-state index in [9.17, 15) is 4.79 Å². The average molecular weight is 382 g/mol. The van der Waals surface area contributed by atoms with Crippen LogP contribution in [0.3, 0.4) is 0 Å². The molecular weight excluding hydrogens is 360 g/mol. The third kappa shape index (κ3) is 6.97. The van der Waals surface area contributed by atoms with Gasteiger partial charge in [0.25, 0.3) is 0 Å². The Balaban J connectivity index is 0.00000361. The molecule has 0 spiro atoms. The van der Waals surface area contributed by atoms with Crippen molar-refractivity contribution >= 4 is 46.0 Å². The maximum absolute atomic E-state index is 11.9. The third-order valence-electron chi connectivity index (χ3n) is 3.01. The molecule has 20 heavy (non-hydrogen) atoms. The lowest BCUT2D eigenvalue weighted by Gasteiger charge is -2.23. The Hall–Kier alpha value is -0.230. The van der Waals surface area contributed by atoms with Crippen LogP contribution in [-0.4, -0.2) is 36.2 Å². The molecule has 0 aromatic heterocycles. The summed E-state index contributed by atoms with van der Waals surface area (Å²) in [6, 6.07) is 8.35. The molecule has 6 heteroatoms. The highest BCUT2D eigenvalue weighted by Crippen LogP contribution is 2.21. The molecule has 0 heterocycles. The van der Waals surface area contributed by atoms with Crippen LogP contribution in [0, 0.1) is 0 Å². The summed E-state index contributed by atoms with van der Waals surface area (Å²) in [7, 11) is 1.82. The highest BCUT2D eigenvalue weighted by atomic mass is 79.9. The quantitative estimate of drug-likeness (QED) is 0.580. The molecule has 0 aliphatic heterocycles. The van der Waals surface area contributed by atoms with Crippen molar-refractivity contribution in [3.05, 3.63) is 28.7 Å². The van der Waals surface area contributed by atoms with E-state index in [1.54, 1.807) is 16.7 Å². The van der Waals surface area contributed by atoms with E-state index in [1.165, 1.54) is 4.90 Å². The number of amides is 1. The lowest BCUT2D eigenvalue weighted by Crippen LogP contribution is -2.39. The van der Waals surface area contributed by atoms with Gasteiger partial charge in [-0.25, -0.2) is 0 Å². The number of nitrogens with zero attached hydrogens (tertiary/aromatic N) is 1. The molecule has 114 valence electrons. The van der Waals surface area contributed by atoms with Crippen LogP contribution in [0.1, 0.15) is 19.8 Å². The molecule has 0 aliphatic carbocycles. The monoisotopic (exact) mass is 380 g/mol. The summed E-state index contributed by atoms with van der Waals surface area (Å²) < 4.78 is 1.09. The van der Waals surface area contributed by atoms with Crippen molar-refractivity contribution in [3.63, 3.8) is 0 Å². The van der Waals surface area contributed by atoms with E-state index in [4.69, 9.17) is 5.73 Å². The predicted molar refractivity (Wildman–Crippen MR) is 92.6 cm³/mol. The minimum Gasteiger partial charge on any atom is -0.342 e. The Morgan fingerprint density at radius 1 is 1.40 bits per heavy atom. The number of carbonyl (C=O) groups excluding carboxylic acids is 1. The van der Waals surface area contributed by atoms with Gasteiger partial charge in [0.05, 0.1) is 0 Å². The summed E-state index contributed by atoms with van der Waals surface area (Å²) in [6.45, 7) is 2.48. The number of likely N-dealkylation sites (N-methyl/N-ethyl adjacent to an activating group) is 1. The van der Waals surface area contributed by atoms with Gasteiger partial charge in [-0.05, 0) is 43.4 Å². The predicted octanol–water partition coefficient (Wildman–Crippen LogP) is 3.55. The van der Waals surface area contributed by atoms with E-state index in [-0.39, 0.29) is 24.4 Å². The fraction of sp³-hybridized carbons (Fsp3) is 0.500. The molecule has 0 fully saturated rings. The van der Waals surface area contributed by atoms with Gasteiger partial charge < -0.3 is 10.6 Å². The van der Waals surface area contributed by atoms with Crippen molar-refractivity contribution in [2.75, 3.05) is 19.3 Å². The van der Waals surface area contributed by atoms with Crippen molar-refractivity contribution in [1.29, 1.82) is 0 Å². The molecular formula is C14H22BrClN2OS. The highest BCUT2D eigenvalue weighted by molar-refractivity contribution is 9.10. The van der Waals surface area contributed by atoms with Crippen LogP contribution in [0.5, 0.6) is 0 Å². The van der Waals surface area contributed by atoms with E-state index in [1.807, 2.05) is 26.1 Å². The number of carbonyl (C=O) groups is 1. The molecule has 0 saturated heterocycles. The van der Waals surface area contributed by atoms with Crippen molar-refractivity contribution < 1.29 is 4.79 Å². The largest absolute Gasteiger partial charge is 0.342 e. The maximum atomic E-state index is 11.9. The number of benzene rings is 1. The average Bonchev–Trinajstić information content (AvgIpc) is 2.43. The third-order valence-corrected chi connectivity index (χ3v) is 4.64. The molecule has 0 bridgehead atoms. The van der Waals surface area contributed by atoms with Gasteiger partial charge >= 0.3 is 0 Å². The lowest BCUT2D eigenvalue weighted by molar-refractivity contribution is -0.131. The first-order valence-corrected chi connectivity index (χ1v) is 8.16. The lowest BCUT2D eigenvalue weighted by atomic mass is 10.2. The van der Waals surface area contributed by atoms with Gasteiger partial charge in [-0.1, -0.05) is 15.9 Å². The minimum absolute atomic E-state index is 0. The zero-order valence-electron chi connectivity index (χ0n) is 11.8. The number of halogens is 2. The smallest absolute Gasteiger partial charge is 0.222 e. The Bertz CT molecular complexity index is 403. The number of nitrogens with two attached hydrogens (primary N) is 1. The van der Waals surface area contributed by atoms with Crippen LogP contribution in [0.2, 0.25) is 0 Å². The Labute approximate surface area is 140 Å². The van der Waals surface area contributed by atoms with Crippen molar-refractivity contribution in [3.8, 4) is 0 Å². The normalized spacial score (nSPS) is 11.6. The zero-order chi connectivity index (χ0) is 14.3. The van der Waals surface area contributed by atoms with Gasteiger partial charge in [0.2, 0.25) is 5.91 Å². The second-order valence-electron chi connectivity index (χ2n) is 4.50. The first-order chi connectivity index (χ1) is 9.04. The first-order valence-electron chi connectivity index (χ1n) is 6.38. The molecule has 2 N–H and O–H groups in total. The summed E-state index contributed by atoms with van der Waals surface area (Å²) in [5.74, 6) is 1.13. The van der Waals surface area contributed by atoms with Gasteiger partial charge in [-0.3, -0.25) is 4.79 Å². The van der Waals surface area contributed by atoms with Crippen molar-refractivity contribution in [1.82, 2.24) is 4.90 Å². The SMILES string of the molecule is CC(CN)N(C)C(=O)CCCSc1ccc(Br)cc1.Cl.